The number of halogens is 1. The van der Waals surface area contributed by atoms with Crippen molar-refractivity contribution in [3.8, 4) is 0 Å². The largest absolute Gasteiger partial charge is 0.129 e. The van der Waals surface area contributed by atoms with Crippen molar-refractivity contribution in [3.05, 3.63) is 64.7 Å². The van der Waals surface area contributed by atoms with Gasteiger partial charge in [-0.3, -0.25) is 0 Å². The van der Waals surface area contributed by atoms with Crippen LogP contribution in [0.5, 0.6) is 0 Å². The summed E-state index contributed by atoms with van der Waals surface area (Å²) in [5, 5.41) is 0. The van der Waals surface area contributed by atoms with Crippen molar-refractivity contribution in [1.29, 1.82) is 0 Å². The predicted octanol–water partition coefficient (Wildman–Crippen LogP) is 6.02. The lowest BCUT2D eigenvalue weighted by Crippen LogP contribution is -2.01. The Bertz CT molecular complexity index is 577. The third-order valence-electron chi connectivity index (χ3n) is 3.68. The fraction of sp³-hybridized carbons (Fsp3) is 0.333. The molecule has 106 valence electrons. The zero-order chi connectivity index (χ0) is 14.5. The number of hydrogen-bond donors (Lipinski definition) is 0. The minimum atomic E-state index is 0.271. The number of hydrogen-bond acceptors (Lipinski definition) is 1. The molecule has 0 radical (unpaired) electrons. The number of thioether (sulfide) groups is 1. The summed E-state index contributed by atoms with van der Waals surface area (Å²) in [6.45, 7) is 4.44. The van der Waals surface area contributed by atoms with Gasteiger partial charge >= 0.3 is 0 Å². The van der Waals surface area contributed by atoms with Gasteiger partial charge in [-0.2, -0.15) is 0 Å². The van der Waals surface area contributed by atoms with Crippen LogP contribution in [0.3, 0.4) is 0 Å². The predicted molar refractivity (Wildman–Crippen MR) is 94.2 cm³/mol. The molecule has 2 aromatic carbocycles. The zero-order valence-corrected chi connectivity index (χ0v) is 14.7. The van der Waals surface area contributed by atoms with Crippen molar-refractivity contribution >= 4 is 27.7 Å². The molecule has 0 aliphatic carbocycles. The third kappa shape index (κ3) is 3.29. The molecular weight excluding hydrogens is 328 g/mol. The summed E-state index contributed by atoms with van der Waals surface area (Å²) in [6.07, 6.45) is 4.30. The zero-order valence-electron chi connectivity index (χ0n) is 12.3. The molecule has 1 unspecified atom stereocenters. The van der Waals surface area contributed by atoms with E-state index in [1.165, 1.54) is 27.1 Å². The summed E-state index contributed by atoms with van der Waals surface area (Å²) < 4.78 is 0. The molecule has 0 aliphatic rings. The highest BCUT2D eigenvalue weighted by atomic mass is 79.9. The summed E-state index contributed by atoms with van der Waals surface area (Å²) in [7, 11) is 0. The normalized spacial score (nSPS) is 12.4. The second-order valence-corrected chi connectivity index (χ2v) is 6.61. The lowest BCUT2D eigenvalue weighted by molar-refractivity contribution is 1.02. The maximum Gasteiger partial charge on any atom is 0.0658 e. The molecule has 0 aromatic heterocycles. The van der Waals surface area contributed by atoms with E-state index >= 15 is 0 Å². The van der Waals surface area contributed by atoms with Gasteiger partial charge in [0.05, 0.1) is 4.83 Å². The van der Waals surface area contributed by atoms with Gasteiger partial charge in [-0.25, -0.2) is 0 Å². The Morgan fingerprint density at radius 3 is 2.40 bits per heavy atom. The second-order valence-electron chi connectivity index (χ2n) is 4.84. The van der Waals surface area contributed by atoms with Gasteiger partial charge < -0.3 is 0 Å². The molecule has 0 aliphatic heterocycles. The van der Waals surface area contributed by atoms with E-state index in [1.54, 1.807) is 0 Å². The fourth-order valence-electron chi connectivity index (χ4n) is 2.47. The molecule has 2 heteroatoms. The lowest BCUT2D eigenvalue weighted by Gasteiger charge is -2.18. The average Bonchev–Trinajstić information content (AvgIpc) is 2.53. The highest BCUT2D eigenvalue weighted by Crippen LogP contribution is 2.38. The molecule has 2 aromatic rings. The average molecular weight is 349 g/mol. The van der Waals surface area contributed by atoms with Crippen molar-refractivity contribution in [3.63, 3.8) is 0 Å². The molecule has 0 heterocycles. The van der Waals surface area contributed by atoms with E-state index in [4.69, 9.17) is 0 Å². The van der Waals surface area contributed by atoms with Crippen molar-refractivity contribution in [1.82, 2.24) is 0 Å². The van der Waals surface area contributed by atoms with Crippen molar-refractivity contribution < 1.29 is 0 Å². The van der Waals surface area contributed by atoms with Crippen LogP contribution in [0.4, 0.5) is 0 Å². The van der Waals surface area contributed by atoms with E-state index in [-0.39, 0.29) is 4.83 Å². The van der Waals surface area contributed by atoms with E-state index in [0.717, 1.165) is 12.8 Å². The molecule has 0 amide bonds. The Hall–Kier alpha value is -0.730. The number of benzene rings is 2. The monoisotopic (exact) mass is 348 g/mol. The van der Waals surface area contributed by atoms with Crippen LogP contribution in [-0.4, -0.2) is 6.26 Å². The molecule has 0 nitrogen and oxygen atoms in total. The fourth-order valence-corrected chi connectivity index (χ4v) is 4.08. The minimum absolute atomic E-state index is 0.271. The van der Waals surface area contributed by atoms with E-state index in [0.29, 0.717) is 0 Å². The van der Waals surface area contributed by atoms with Gasteiger partial charge in [0.25, 0.3) is 0 Å². The van der Waals surface area contributed by atoms with Crippen LogP contribution in [0.2, 0.25) is 0 Å². The quantitative estimate of drug-likeness (QED) is 0.470. The van der Waals surface area contributed by atoms with Crippen molar-refractivity contribution in [2.24, 2.45) is 0 Å². The van der Waals surface area contributed by atoms with Crippen LogP contribution in [-0.2, 0) is 12.8 Å². The Morgan fingerprint density at radius 1 is 1.00 bits per heavy atom. The second kappa shape index (κ2) is 7.33. The Labute approximate surface area is 135 Å². The number of aryl methyl sites for hydroxylation is 2. The molecule has 0 spiro atoms. The molecule has 0 saturated carbocycles. The van der Waals surface area contributed by atoms with Crippen LogP contribution < -0.4 is 0 Å². The Kier molecular flexibility index (Phi) is 5.74. The van der Waals surface area contributed by atoms with Gasteiger partial charge in [0.15, 0.2) is 0 Å². The SMILES string of the molecule is CCc1ccc(CC)c(C(Br)c2ccccc2SC)c1. The molecule has 0 saturated heterocycles. The number of rotatable bonds is 5. The van der Waals surface area contributed by atoms with Gasteiger partial charge in [0.1, 0.15) is 0 Å². The lowest BCUT2D eigenvalue weighted by atomic mass is 9.95. The molecule has 0 bridgehead atoms. The van der Waals surface area contributed by atoms with Gasteiger partial charge in [-0.05, 0) is 47.4 Å². The maximum atomic E-state index is 3.93. The van der Waals surface area contributed by atoms with Crippen LogP contribution >= 0.6 is 27.7 Å². The summed E-state index contributed by atoms with van der Waals surface area (Å²) in [5.74, 6) is 0. The molecule has 0 fully saturated rings. The van der Waals surface area contributed by atoms with Crippen molar-refractivity contribution in [2.45, 2.75) is 36.4 Å². The van der Waals surface area contributed by atoms with Crippen LogP contribution in [0.25, 0.3) is 0 Å². The molecule has 20 heavy (non-hydrogen) atoms. The van der Waals surface area contributed by atoms with E-state index in [1.807, 2.05) is 11.8 Å². The highest BCUT2D eigenvalue weighted by molar-refractivity contribution is 9.09. The summed E-state index contributed by atoms with van der Waals surface area (Å²) in [4.78, 5) is 1.62. The third-order valence-corrected chi connectivity index (χ3v) is 5.48. The van der Waals surface area contributed by atoms with Gasteiger partial charge in [0.2, 0.25) is 0 Å². The molecule has 2 rings (SSSR count). The van der Waals surface area contributed by atoms with Crippen LogP contribution in [0.1, 0.15) is 40.9 Å². The molecular formula is C18H21BrS. The van der Waals surface area contributed by atoms with E-state index in [2.05, 4.69) is 78.5 Å². The topological polar surface area (TPSA) is 0 Å². The first kappa shape index (κ1) is 15.7. The number of alkyl halides is 1. The van der Waals surface area contributed by atoms with Gasteiger partial charge in [0, 0.05) is 4.90 Å². The Morgan fingerprint density at radius 2 is 1.75 bits per heavy atom. The first-order valence-electron chi connectivity index (χ1n) is 7.09. The van der Waals surface area contributed by atoms with Crippen LogP contribution in [0.15, 0.2) is 47.4 Å². The summed E-state index contributed by atoms with van der Waals surface area (Å²) >= 11 is 5.74. The Balaban J connectivity index is 2.49. The van der Waals surface area contributed by atoms with E-state index < -0.39 is 0 Å². The smallest absolute Gasteiger partial charge is 0.0658 e. The summed E-state index contributed by atoms with van der Waals surface area (Å²) in [5.41, 5.74) is 5.61. The highest BCUT2D eigenvalue weighted by Gasteiger charge is 2.17. The maximum absolute atomic E-state index is 3.93. The summed E-state index contributed by atoms with van der Waals surface area (Å²) in [6, 6.07) is 15.5. The van der Waals surface area contributed by atoms with Crippen LogP contribution in [0, 0.1) is 0 Å². The van der Waals surface area contributed by atoms with Crippen molar-refractivity contribution in [2.75, 3.05) is 6.26 Å². The first-order valence-corrected chi connectivity index (χ1v) is 9.24. The molecule has 0 N–H and O–H groups in total. The standard InChI is InChI=1S/C18H21BrS/c1-4-13-10-11-14(5-2)16(12-13)18(19)15-8-6-7-9-17(15)20-3/h6-12,18H,4-5H2,1-3H3. The van der Waals surface area contributed by atoms with Gasteiger partial charge in [-0.15, -0.1) is 11.8 Å². The molecule has 1 atom stereocenters. The van der Waals surface area contributed by atoms with E-state index in [9.17, 15) is 0 Å². The van der Waals surface area contributed by atoms with Gasteiger partial charge in [-0.1, -0.05) is 66.2 Å². The minimum Gasteiger partial charge on any atom is -0.129 e. The first-order chi connectivity index (χ1) is 9.71.